The number of nitrogens with one attached hydrogen (secondary N) is 1. The summed E-state index contributed by atoms with van der Waals surface area (Å²) >= 11 is 0. The van der Waals surface area contributed by atoms with Crippen molar-refractivity contribution in [3.8, 4) is 0 Å². The second-order valence-corrected chi connectivity index (χ2v) is 3.30. The maximum Gasteiger partial charge on any atom is 0.246 e. The second kappa shape index (κ2) is 3.64. The Kier molecular flexibility index (Phi) is 2.75. The van der Waals surface area contributed by atoms with Crippen molar-refractivity contribution in [2.24, 2.45) is 10.2 Å². The van der Waals surface area contributed by atoms with E-state index in [-0.39, 0.29) is 5.91 Å². The Morgan fingerprint density at radius 3 is 2.92 bits per heavy atom. The first-order valence-corrected chi connectivity index (χ1v) is 4.27. The van der Waals surface area contributed by atoms with Gasteiger partial charge in [0, 0.05) is 13.0 Å². The van der Waals surface area contributed by atoms with Crippen LogP contribution < -0.4 is 5.32 Å². The molecule has 0 aromatic rings. The molecule has 0 aliphatic carbocycles. The van der Waals surface area contributed by atoms with Gasteiger partial charge in [0.05, 0.1) is 0 Å². The first kappa shape index (κ1) is 9.83. The summed E-state index contributed by atoms with van der Waals surface area (Å²) < 4.78 is 0. The van der Waals surface area contributed by atoms with Crippen LogP contribution in [-0.2, 0) is 9.59 Å². The molecule has 2 unspecified atom stereocenters. The van der Waals surface area contributed by atoms with Gasteiger partial charge in [-0.05, 0) is 13.8 Å². The van der Waals surface area contributed by atoms with Gasteiger partial charge in [0.15, 0.2) is 6.04 Å². The smallest absolute Gasteiger partial charge is 0.246 e. The zero-order chi connectivity index (χ0) is 9.90. The van der Waals surface area contributed by atoms with E-state index in [9.17, 15) is 9.59 Å². The fraction of sp³-hybridized carbons (Fsp3) is 0.750. The van der Waals surface area contributed by atoms with Crippen molar-refractivity contribution < 1.29 is 9.59 Å². The van der Waals surface area contributed by atoms with Gasteiger partial charge in [0.2, 0.25) is 5.91 Å². The molecule has 5 nitrogen and oxygen atoms in total. The molecule has 72 valence electrons. The highest BCUT2D eigenvalue weighted by atomic mass is 16.2. The lowest BCUT2D eigenvalue weighted by Gasteiger charge is -2.10. The van der Waals surface area contributed by atoms with Gasteiger partial charge in [-0.15, -0.1) is 0 Å². The van der Waals surface area contributed by atoms with Crippen molar-refractivity contribution in [3.63, 3.8) is 0 Å². The Labute approximate surface area is 76.6 Å². The van der Waals surface area contributed by atoms with Gasteiger partial charge in [-0.2, -0.15) is 10.2 Å². The van der Waals surface area contributed by atoms with Gasteiger partial charge in [-0.25, -0.2) is 0 Å². The average Bonchev–Trinajstić information content (AvgIpc) is 2.50. The first-order chi connectivity index (χ1) is 6.11. The third-order valence-corrected chi connectivity index (χ3v) is 1.94. The number of carbonyl (C=O) groups excluding carboxylic acids is 2. The van der Waals surface area contributed by atoms with Gasteiger partial charge in [-0.1, -0.05) is 0 Å². The third-order valence-electron chi connectivity index (χ3n) is 1.94. The molecular formula is C8H13N3O2. The van der Waals surface area contributed by atoms with E-state index in [4.69, 9.17) is 0 Å². The van der Waals surface area contributed by atoms with Crippen molar-refractivity contribution in [1.82, 2.24) is 5.32 Å². The highest BCUT2D eigenvalue weighted by Gasteiger charge is 2.36. The van der Waals surface area contributed by atoms with E-state index in [0.717, 1.165) is 6.29 Å². The minimum absolute atomic E-state index is 0.156. The van der Waals surface area contributed by atoms with Gasteiger partial charge in [0.25, 0.3) is 0 Å². The highest BCUT2D eigenvalue weighted by molar-refractivity contribution is 5.83. The third kappa shape index (κ3) is 2.11. The predicted octanol–water partition coefficient (Wildman–Crippen LogP) is 0.305. The van der Waals surface area contributed by atoms with Crippen molar-refractivity contribution in [1.29, 1.82) is 0 Å². The van der Waals surface area contributed by atoms with Crippen LogP contribution >= 0.6 is 0 Å². The van der Waals surface area contributed by atoms with Gasteiger partial charge in [0.1, 0.15) is 11.8 Å². The Hall–Kier alpha value is -1.26. The van der Waals surface area contributed by atoms with E-state index in [1.807, 2.05) is 6.92 Å². The Bertz CT molecular complexity index is 252. The normalized spacial score (nSPS) is 31.7. The number of aldehydes is 1. The molecular weight excluding hydrogens is 170 g/mol. The van der Waals surface area contributed by atoms with Crippen LogP contribution in [0.25, 0.3) is 0 Å². The van der Waals surface area contributed by atoms with Crippen molar-refractivity contribution in [2.45, 2.75) is 31.8 Å². The first-order valence-electron chi connectivity index (χ1n) is 4.27. The van der Waals surface area contributed by atoms with Gasteiger partial charge in [-0.3, -0.25) is 4.79 Å². The molecule has 0 spiro atoms. The van der Waals surface area contributed by atoms with E-state index < -0.39 is 11.6 Å². The summed E-state index contributed by atoms with van der Waals surface area (Å²) in [6, 6.07) is -0.491. The molecule has 0 aromatic carbocycles. The number of hydrogen-bond donors (Lipinski definition) is 1. The van der Waals surface area contributed by atoms with Crippen molar-refractivity contribution in [2.75, 3.05) is 6.54 Å². The number of hydrogen-bond acceptors (Lipinski definition) is 4. The summed E-state index contributed by atoms with van der Waals surface area (Å²) in [5.74, 6) is -0.156. The number of amides is 1. The van der Waals surface area contributed by atoms with Crippen LogP contribution in [0.5, 0.6) is 0 Å². The summed E-state index contributed by atoms with van der Waals surface area (Å²) in [6.45, 7) is 4.08. The van der Waals surface area contributed by atoms with Crippen LogP contribution in [0.4, 0.5) is 0 Å². The quantitative estimate of drug-likeness (QED) is 0.639. The van der Waals surface area contributed by atoms with Crippen LogP contribution in [0, 0.1) is 0 Å². The molecule has 1 amide bonds. The monoisotopic (exact) mass is 183 g/mol. The number of nitrogens with zero attached hydrogens (tertiary/aromatic N) is 2. The molecule has 13 heavy (non-hydrogen) atoms. The van der Waals surface area contributed by atoms with Crippen molar-refractivity contribution in [3.05, 3.63) is 0 Å². The summed E-state index contributed by atoms with van der Waals surface area (Å²) in [6.07, 6.45) is 1.11. The molecule has 1 heterocycles. The molecule has 0 saturated heterocycles. The summed E-state index contributed by atoms with van der Waals surface area (Å²) in [5, 5.41) is 10.2. The van der Waals surface area contributed by atoms with E-state index in [1.165, 1.54) is 0 Å². The molecule has 1 aliphatic rings. The minimum atomic E-state index is -0.796. The lowest BCUT2D eigenvalue weighted by Crippen LogP contribution is -2.35. The molecule has 2 atom stereocenters. The number of carbonyl (C=O) groups is 2. The predicted molar refractivity (Wildman–Crippen MR) is 46.4 cm³/mol. The molecule has 0 bridgehead atoms. The molecule has 0 radical (unpaired) electrons. The topological polar surface area (TPSA) is 70.9 Å². The van der Waals surface area contributed by atoms with Crippen molar-refractivity contribution >= 4 is 12.2 Å². The summed E-state index contributed by atoms with van der Waals surface area (Å²) in [5.41, 5.74) is -0.796. The lowest BCUT2D eigenvalue weighted by molar-refractivity contribution is -0.122. The zero-order valence-corrected chi connectivity index (χ0v) is 7.78. The number of likely N-dealkylation sites (N-methyl/N-ethyl adjacent to an activating group) is 1. The van der Waals surface area contributed by atoms with Crippen LogP contribution in [0.2, 0.25) is 0 Å². The maximum absolute atomic E-state index is 11.3. The molecule has 0 aromatic heterocycles. The lowest BCUT2D eigenvalue weighted by atomic mass is 9.97. The standard InChI is InChI=1S/C8H13N3O2/c1-3-9-7(13)6-4-8(2,5-12)11-10-6/h5-6H,3-4H2,1-2H3,(H,9,13). The summed E-state index contributed by atoms with van der Waals surface area (Å²) in [4.78, 5) is 21.8. The number of rotatable bonds is 3. The largest absolute Gasteiger partial charge is 0.354 e. The fourth-order valence-corrected chi connectivity index (χ4v) is 1.18. The number of azo groups is 1. The van der Waals surface area contributed by atoms with Crippen LogP contribution in [0.3, 0.4) is 0 Å². The highest BCUT2D eigenvalue weighted by Crippen LogP contribution is 2.24. The molecule has 0 fully saturated rings. The maximum atomic E-state index is 11.3. The van der Waals surface area contributed by atoms with E-state index >= 15 is 0 Å². The zero-order valence-electron chi connectivity index (χ0n) is 7.78. The average molecular weight is 183 g/mol. The SMILES string of the molecule is CCNC(=O)C1CC(C)(C=O)N=N1. The molecule has 0 saturated carbocycles. The van der Waals surface area contributed by atoms with Crippen LogP contribution in [0.15, 0.2) is 10.2 Å². The van der Waals surface area contributed by atoms with Gasteiger partial charge < -0.3 is 10.1 Å². The fourth-order valence-electron chi connectivity index (χ4n) is 1.18. The molecule has 1 N–H and O–H groups in total. The summed E-state index contributed by atoms with van der Waals surface area (Å²) in [7, 11) is 0. The van der Waals surface area contributed by atoms with Crippen LogP contribution in [0.1, 0.15) is 20.3 Å². The Balaban J connectivity index is 2.56. The Morgan fingerprint density at radius 1 is 1.77 bits per heavy atom. The van der Waals surface area contributed by atoms with E-state index in [1.54, 1.807) is 6.92 Å². The molecule has 1 aliphatic heterocycles. The van der Waals surface area contributed by atoms with E-state index in [0.29, 0.717) is 13.0 Å². The van der Waals surface area contributed by atoms with Crippen LogP contribution in [-0.4, -0.2) is 30.3 Å². The minimum Gasteiger partial charge on any atom is -0.354 e. The molecule has 1 rings (SSSR count). The van der Waals surface area contributed by atoms with Gasteiger partial charge >= 0.3 is 0 Å². The Morgan fingerprint density at radius 2 is 2.46 bits per heavy atom. The molecule has 5 heteroatoms. The van der Waals surface area contributed by atoms with E-state index in [2.05, 4.69) is 15.5 Å². The second-order valence-electron chi connectivity index (χ2n) is 3.30.